The number of tetrazole rings is 2. The van der Waals surface area contributed by atoms with E-state index >= 15 is 0 Å². The first kappa shape index (κ1) is 6.45. The minimum absolute atomic E-state index is 1.07. The first-order valence-electron chi connectivity index (χ1n) is 2.83. The van der Waals surface area contributed by atoms with Gasteiger partial charge in [-0.15, -0.1) is 10.2 Å². The van der Waals surface area contributed by atoms with E-state index < -0.39 is 0 Å². The van der Waals surface area contributed by atoms with Gasteiger partial charge < -0.3 is 0 Å². The van der Waals surface area contributed by atoms with E-state index in [-0.39, 0.29) is 0 Å². The van der Waals surface area contributed by atoms with Crippen molar-refractivity contribution in [2.75, 3.05) is 0 Å². The molecule has 10 heteroatoms. The number of nitrogens with zero attached hydrogens (tertiary/aromatic N) is 10. The summed E-state index contributed by atoms with van der Waals surface area (Å²) in [7, 11) is 0. The van der Waals surface area contributed by atoms with E-state index in [1.54, 1.807) is 0 Å². The maximum atomic E-state index is 3.53. The molecule has 0 aliphatic rings. The summed E-state index contributed by atoms with van der Waals surface area (Å²) in [6, 6.07) is 0. The molecule has 0 aliphatic heterocycles. The van der Waals surface area contributed by atoms with Crippen LogP contribution in [0.15, 0.2) is 23.1 Å². The molecule has 0 fully saturated rings. The fraction of sp³-hybridized carbons (Fsp3) is 0. The van der Waals surface area contributed by atoms with Crippen LogP contribution in [0.4, 0.5) is 0 Å². The molecule has 0 N–H and O–H groups in total. The van der Waals surface area contributed by atoms with E-state index in [0.717, 1.165) is 9.58 Å². The topological polar surface area (TPSA) is 112 Å². The van der Waals surface area contributed by atoms with Gasteiger partial charge in [0.25, 0.3) is 0 Å². The van der Waals surface area contributed by atoms with Crippen LogP contribution >= 0.6 is 0 Å². The minimum atomic E-state index is 1.07. The summed E-state index contributed by atoms with van der Waals surface area (Å²) in [5.74, 6) is 0. The Morgan fingerprint density at radius 3 is 1.67 bits per heavy atom. The second-order valence-electron chi connectivity index (χ2n) is 1.64. The van der Waals surface area contributed by atoms with Crippen LogP contribution in [0.25, 0.3) is 0 Å². The average molecular weight is 166 g/mol. The van der Waals surface area contributed by atoms with Gasteiger partial charge in [-0.1, -0.05) is 9.58 Å². The van der Waals surface area contributed by atoms with E-state index in [4.69, 9.17) is 0 Å². The van der Waals surface area contributed by atoms with Crippen molar-refractivity contribution in [3.8, 4) is 0 Å². The quantitative estimate of drug-likeness (QED) is 0.493. The SMILES string of the molecule is c1nnnn1/N=N/n1cnnn1. The van der Waals surface area contributed by atoms with Gasteiger partial charge >= 0.3 is 0 Å². The predicted molar refractivity (Wildman–Crippen MR) is 31.3 cm³/mol. The Kier molecular flexibility index (Phi) is 1.49. The fourth-order valence-electron chi connectivity index (χ4n) is 0.477. The highest BCUT2D eigenvalue weighted by molar-refractivity contribution is 4.42. The Balaban J connectivity index is 2.14. The second kappa shape index (κ2) is 2.77. The van der Waals surface area contributed by atoms with Crippen LogP contribution in [0, 0.1) is 0 Å². The zero-order valence-electron chi connectivity index (χ0n) is 5.63. The molecule has 0 saturated heterocycles. The van der Waals surface area contributed by atoms with E-state index in [0.29, 0.717) is 0 Å². The van der Waals surface area contributed by atoms with E-state index in [1.807, 2.05) is 0 Å². The van der Waals surface area contributed by atoms with Gasteiger partial charge in [0.15, 0.2) is 12.7 Å². The van der Waals surface area contributed by atoms with Crippen LogP contribution in [0.2, 0.25) is 0 Å². The molecule has 0 radical (unpaired) electrons. The monoisotopic (exact) mass is 166 g/mol. The molecule has 0 aliphatic carbocycles. The molecule has 2 rings (SSSR count). The smallest absolute Gasteiger partial charge is 0.115 e. The Hall–Kier alpha value is -2.26. The highest BCUT2D eigenvalue weighted by Gasteiger charge is 1.87. The molecule has 0 bridgehead atoms. The van der Waals surface area contributed by atoms with Gasteiger partial charge in [0.2, 0.25) is 0 Å². The summed E-state index contributed by atoms with van der Waals surface area (Å²) in [6.07, 6.45) is 2.57. The van der Waals surface area contributed by atoms with Gasteiger partial charge in [-0.2, -0.15) is 0 Å². The summed E-state index contributed by atoms with van der Waals surface area (Å²) < 4.78 is 0. The molecule has 12 heavy (non-hydrogen) atoms. The Bertz CT molecular complexity index is 305. The number of rotatable bonds is 2. The lowest BCUT2D eigenvalue weighted by Gasteiger charge is -1.82. The van der Waals surface area contributed by atoms with E-state index in [2.05, 4.69) is 41.5 Å². The van der Waals surface area contributed by atoms with Gasteiger partial charge in [0, 0.05) is 0 Å². The highest BCUT2D eigenvalue weighted by Crippen LogP contribution is 1.80. The zero-order chi connectivity index (χ0) is 8.23. The third-order valence-electron chi connectivity index (χ3n) is 0.900. The Morgan fingerprint density at radius 2 is 1.33 bits per heavy atom. The van der Waals surface area contributed by atoms with E-state index in [9.17, 15) is 0 Å². The lowest BCUT2D eigenvalue weighted by Crippen LogP contribution is -1.92. The van der Waals surface area contributed by atoms with Crippen molar-refractivity contribution < 1.29 is 0 Å². The van der Waals surface area contributed by atoms with Crippen LogP contribution in [-0.2, 0) is 0 Å². The van der Waals surface area contributed by atoms with Gasteiger partial charge in [-0.3, -0.25) is 0 Å². The molecule has 0 atom stereocenters. The van der Waals surface area contributed by atoms with Crippen molar-refractivity contribution in [2.24, 2.45) is 10.4 Å². The second-order valence-corrected chi connectivity index (χ2v) is 1.64. The van der Waals surface area contributed by atoms with Crippen molar-refractivity contribution in [3.05, 3.63) is 12.7 Å². The molecular weight excluding hydrogens is 164 g/mol. The van der Waals surface area contributed by atoms with Crippen molar-refractivity contribution >= 4 is 0 Å². The summed E-state index contributed by atoms with van der Waals surface area (Å²) in [5, 5.41) is 27.3. The first-order valence-corrected chi connectivity index (χ1v) is 2.83. The minimum Gasteiger partial charge on any atom is -0.115 e. The maximum Gasteiger partial charge on any atom is 0.166 e. The van der Waals surface area contributed by atoms with Gasteiger partial charge in [0.05, 0.1) is 0 Å². The maximum absolute atomic E-state index is 3.53. The summed E-state index contributed by atoms with van der Waals surface area (Å²) in [4.78, 5) is 2.14. The normalized spacial score (nSPS) is 11.0. The lowest BCUT2D eigenvalue weighted by atomic mass is 11.4. The fourth-order valence-corrected chi connectivity index (χ4v) is 0.477. The summed E-state index contributed by atoms with van der Waals surface area (Å²) in [5.41, 5.74) is 0. The van der Waals surface area contributed by atoms with Gasteiger partial charge in [0.1, 0.15) is 0 Å². The summed E-state index contributed by atoms with van der Waals surface area (Å²) in [6.45, 7) is 0. The Morgan fingerprint density at radius 1 is 0.833 bits per heavy atom. The largest absolute Gasteiger partial charge is 0.166 e. The van der Waals surface area contributed by atoms with Gasteiger partial charge in [-0.25, -0.2) is 0 Å². The molecule has 0 aromatic carbocycles. The zero-order valence-corrected chi connectivity index (χ0v) is 5.63. The average Bonchev–Trinajstić information content (AvgIpc) is 2.74. The van der Waals surface area contributed by atoms with Crippen LogP contribution in [0.1, 0.15) is 0 Å². The van der Waals surface area contributed by atoms with Crippen molar-refractivity contribution in [2.45, 2.75) is 0 Å². The third-order valence-corrected chi connectivity index (χ3v) is 0.900. The van der Waals surface area contributed by atoms with Crippen molar-refractivity contribution in [1.29, 1.82) is 0 Å². The van der Waals surface area contributed by atoms with Gasteiger partial charge in [-0.05, 0) is 31.3 Å². The molecule has 0 unspecified atom stereocenters. The number of aromatic nitrogens is 8. The molecule has 0 amide bonds. The molecule has 0 spiro atoms. The van der Waals surface area contributed by atoms with Crippen molar-refractivity contribution in [1.82, 2.24) is 40.6 Å². The molecular formula is C2H2N10. The first-order chi connectivity index (χ1) is 5.95. The number of hydrogen-bond acceptors (Lipinski definition) is 8. The molecule has 2 aromatic rings. The van der Waals surface area contributed by atoms with Crippen LogP contribution in [-0.4, -0.2) is 40.6 Å². The molecule has 2 heterocycles. The molecule has 0 saturated carbocycles. The molecule has 60 valence electrons. The van der Waals surface area contributed by atoms with Crippen molar-refractivity contribution in [3.63, 3.8) is 0 Å². The predicted octanol–water partition coefficient (Wildman–Crippen LogP) is -1.66. The molecule has 10 nitrogen and oxygen atoms in total. The molecule has 2 aromatic heterocycles. The van der Waals surface area contributed by atoms with Crippen LogP contribution in [0.3, 0.4) is 0 Å². The van der Waals surface area contributed by atoms with Crippen LogP contribution < -0.4 is 0 Å². The third kappa shape index (κ3) is 1.25. The number of hydrogen-bond donors (Lipinski definition) is 0. The Labute approximate surface area is 64.8 Å². The van der Waals surface area contributed by atoms with E-state index in [1.165, 1.54) is 12.7 Å². The highest BCUT2D eigenvalue weighted by atomic mass is 15.8. The standard InChI is InChI=1S/C2H2N10/c1-3-5-7-11(1)9-10-12-2-4-6-8-12/h1-2H/b10-9+. The summed E-state index contributed by atoms with van der Waals surface area (Å²) >= 11 is 0. The lowest BCUT2D eigenvalue weighted by molar-refractivity contribution is 0.562. The van der Waals surface area contributed by atoms with Crippen LogP contribution in [0.5, 0.6) is 0 Å².